The highest BCUT2D eigenvalue weighted by Gasteiger charge is 2.27. The fraction of sp³-hybridized carbons (Fsp3) is 0.652. The number of hydrogen-bond acceptors (Lipinski definition) is 4. The second-order valence-electron chi connectivity index (χ2n) is 8.53. The van der Waals surface area contributed by atoms with Crippen molar-refractivity contribution in [2.75, 3.05) is 6.61 Å². The molecule has 0 radical (unpaired) electrons. The third-order valence-electron chi connectivity index (χ3n) is 4.63. The van der Waals surface area contributed by atoms with E-state index >= 15 is 0 Å². The first kappa shape index (κ1) is 25.2. The van der Waals surface area contributed by atoms with E-state index in [1.165, 1.54) is 0 Å². The topological polar surface area (TPSA) is 52.6 Å². The van der Waals surface area contributed by atoms with E-state index in [9.17, 15) is 9.59 Å². The molecule has 0 amide bonds. The minimum atomic E-state index is -0.380. The Morgan fingerprint density at radius 1 is 0.852 bits per heavy atom. The fourth-order valence-corrected chi connectivity index (χ4v) is 1.64. The number of carbonyl (C=O) groups excluding carboxylic acids is 2. The molecule has 0 unspecified atom stereocenters. The monoisotopic (exact) mass is 378 g/mol. The average Bonchev–Trinajstić information content (AvgIpc) is 2.65. The molecule has 0 heterocycles. The molecule has 0 spiro atoms. The molecule has 27 heavy (non-hydrogen) atoms. The zero-order valence-corrected chi connectivity index (χ0v) is 18.4. The molecule has 1 aromatic carbocycles. The second kappa shape index (κ2) is 11.8. The van der Waals surface area contributed by atoms with E-state index in [0.29, 0.717) is 19.1 Å². The average molecular weight is 379 g/mol. The molecular weight excluding hydrogens is 340 g/mol. The van der Waals surface area contributed by atoms with E-state index in [-0.39, 0.29) is 22.8 Å². The van der Waals surface area contributed by atoms with Crippen molar-refractivity contribution in [1.29, 1.82) is 0 Å². The SMILES string of the molecule is CCC(C)(C)C(=O)OCC(C)C.CCC(C)(C)C(=O)OCc1ccccc1. The van der Waals surface area contributed by atoms with Crippen LogP contribution < -0.4 is 0 Å². The molecule has 0 atom stereocenters. The van der Waals surface area contributed by atoms with Crippen LogP contribution in [0.2, 0.25) is 0 Å². The maximum absolute atomic E-state index is 11.6. The maximum atomic E-state index is 11.6. The van der Waals surface area contributed by atoms with Crippen molar-refractivity contribution in [3.8, 4) is 0 Å². The lowest BCUT2D eigenvalue weighted by atomic mass is 9.91. The molecule has 0 aromatic heterocycles. The van der Waals surface area contributed by atoms with Crippen LogP contribution in [-0.2, 0) is 25.7 Å². The van der Waals surface area contributed by atoms with Crippen LogP contribution in [0.1, 0.15) is 73.8 Å². The van der Waals surface area contributed by atoms with Crippen LogP contribution in [0.15, 0.2) is 30.3 Å². The summed E-state index contributed by atoms with van der Waals surface area (Å²) in [7, 11) is 0. The van der Waals surface area contributed by atoms with Gasteiger partial charge in [-0.25, -0.2) is 0 Å². The molecule has 0 aliphatic heterocycles. The third-order valence-corrected chi connectivity index (χ3v) is 4.63. The summed E-state index contributed by atoms with van der Waals surface area (Å²) in [6.45, 7) is 16.6. The van der Waals surface area contributed by atoms with Gasteiger partial charge < -0.3 is 9.47 Å². The van der Waals surface area contributed by atoms with Gasteiger partial charge in [0.05, 0.1) is 17.4 Å². The predicted molar refractivity (Wildman–Crippen MR) is 110 cm³/mol. The predicted octanol–water partition coefficient (Wildman–Crippen LogP) is 5.79. The highest BCUT2D eigenvalue weighted by Crippen LogP contribution is 2.22. The number of hydrogen-bond donors (Lipinski definition) is 0. The number of rotatable bonds is 8. The molecule has 154 valence electrons. The minimum absolute atomic E-state index is 0.0845. The summed E-state index contributed by atoms with van der Waals surface area (Å²) in [6.07, 6.45) is 1.62. The van der Waals surface area contributed by atoms with Gasteiger partial charge in [-0.15, -0.1) is 0 Å². The molecule has 0 aliphatic rings. The van der Waals surface area contributed by atoms with Gasteiger partial charge in [0.15, 0.2) is 0 Å². The summed E-state index contributed by atoms with van der Waals surface area (Å²) in [6, 6.07) is 9.72. The lowest BCUT2D eigenvalue weighted by Crippen LogP contribution is -2.26. The first-order chi connectivity index (χ1) is 12.5. The molecule has 0 aliphatic carbocycles. The van der Waals surface area contributed by atoms with Crippen molar-refractivity contribution in [2.24, 2.45) is 16.7 Å². The maximum Gasteiger partial charge on any atom is 0.311 e. The van der Waals surface area contributed by atoms with E-state index in [4.69, 9.17) is 9.47 Å². The van der Waals surface area contributed by atoms with Crippen molar-refractivity contribution in [3.63, 3.8) is 0 Å². The van der Waals surface area contributed by atoms with Gasteiger partial charge in [-0.2, -0.15) is 0 Å². The van der Waals surface area contributed by atoms with Crippen molar-refractivity contribution < 1.29 is 19.1 Å². The van der Waals surface area contributed by atoms with Crippen molar-refractivity contribution >= 4 is 11.9 Å². The summed E-state index contributed by atoms with van der Waals surface area (Å²) in [5, 5.41) is 0. The van der Waals surface area contributed by atoms with E-state index in [2.05, 4.69) is 0 Å². The van der Waals surface area contributed by atoms with Crippen molar-refractivity contribution in [3.05, 3.63) is 35.9 Å². The van der Waals surface area contributed by atoms with Crippen molar-refractivity contribution in [2.45, 2.75) is 74.8 Å². The van der Waals surface area contributed by atoms with Crippen LogP contribution in [0.5, 0.6) is 0 Å². The van der Waals surface area contributed by atoms with Crippen LogP contribution in [-0.4, -0.2) is 18.5 Å². The highest BCUT2D eigenvalue weighted by molar-refractivity contribution is 5.76. The lowest BCUT2D eigenvalue weighted by Gasteiger charge is -2.20. The Kier molecular flexibility index (Phi) is 11.0. The fourth-order valence-electron chi connectivity index (χ4n) is 1.64. The van der Waals surface area contributed by atoms with E-state index < -0.39 is 0 Å². The Labute approximate surface area is 165 Å². The molecule has 4 nitrogen and oxygen atoms in total. The van der Waals surface area contributed by atoms with Gasteiger partial charge in [-0.05, 0) is 52.0 Å². The normalized spacial score (nSPS) is 11.4. The van der Waals surface area contributed by atoms with Crippen molar-refractivity contribution in [1.82, 2.24) is 0 Å². The third kappa shape index (κ3) is 10.2. The molecular formula is C23H38O4. The van der Waals surface area contributed by atoms with Gasteiger partial charge >= 0.3 is 11.9 Å². The van der Waals surface area contributed by atoms with Gasteiger partial charge in [-0.3, -0.25) is 9.59 Å². The van der Waals surface area contributed by atoms with Crippen LogP contribution >= 0.6 is 0 Å². The zero-order valence-electron chi connectivity index (χ0n) is 18.4. The van der Waals surface area contributed by atoms with Gasteiger partial charge in [0.1, 0.15) is 6.61 Å². The summed E-state index contributed by atoms with van der Waals surface area (Å²) >= 11 is 0. The standard InChI is InChI=1S/C13H18O2.C10H20O2/c1-4-13(2,3)12(14)15-10-11-8-6-5-7-9-11;1-6-10(4,5)9(11)12-7-8(2)3/h5-9H,4,10H2,1-3H3;8H,6-7H2,1-5H3. The Morgan fingerprint density at radius 2 is 1.30 bits per heavy atom. The lowest BCUT2D eigenvalue weighted by molar-refractivity contribution is -0.156. The Hall–Kier alpha value is -1.84. The molecule has 1 aromatic rings. The van der Waals surface area contributed by atoms with Gasteiger partial charge in [0.2, 0.25) is 0 Å². The highest BCUT2D eigenvalue weighted by atomic mass is 16.5. The molecule has 1 rings (SSSR count). The van der Waals surface area contributed by atoms with E-state index in [1.807, 2.05) is 85.7 Å². The van der Waals surface area contributed by atoms with Crippen LogP contribution in [0.25, 0.3) is 0 Å². The molecule has 0 bridgehead atoms. The molecule has 0 saturated carbocycles. The molecule has 0 fully saturated rings. The smallest absolute Gasteiger partial charge is 0.311 e. The first-order valence-corrected chi connectivity index (χ1v) is 9.84. The van der Waals surface area contributed by atoms with Gasteiger partial charge in [-0.1, -0.05) is 58.0 Å². The number of carbonyl (C=O) groups is 2. The Balaban J connectivity index is 0.000000516. The molecule has 0 saturated heterocycles. The summed E-state index contributed by atoms with van der Waals surface area (Å²) in [4.78, 5) is 23.0. The first-order valence-electron chi connectivity index (χ1n) is 9.84. The van der Waals surface area contributed by atoms with E-state index in [0.717, 1.165) is 18.4 Å². The Morgan fingerprint density at radius 3 is 1.70 bits per heavy atom. The summed E-state index contributed by atoms with van der Waals surface area (Å²) < 4.78 is 10.4. The zero-order chi connectivity index (χ0) is 21.1. The quantitative estimate of drug-likeness (QED) is 0.537. The van der Waals surface area contributed by atoms with Crippen LogP contribution in [0.4, 0.5) is 0 Å². The number of ether oxygens (including phenoxy) is 2. The van der Waals surface area contributed by atoms with E-state index in [1.54, 1.807) is 0 Å². The minimum Gasteiger partial charge on any atom is -0.465 e. The second-order valence-corrected chi connectivity index (χ2v) is 8.53. The molecule has 0 N–H and O–H groups in total. The van der Waals surface area contributed by atoms with Gasteiger partial charge in [0.25, 0.3) is 0 Å². The summed E-state index contributed by atoms with van der Waals surface area (Å²) in [5.41, 5.74) is 0.321. The largest absolute Gasteiger partial charge is 0.465 e. The summed E-state index contributed by atoms with van der Waals surface area (Å²) in [5.74, 6) is 0.203. The number of esters is 2. The van der Waals surface area contributed by atoms with Crippen LogP contribution in [0, 0.1) is 16.7 Å². The van der Waals surface area contributed by atoms with Crippen LogP contribution in [0.3, 0.4) is 0 Å². The van der Waals surface area contributed by atoms with Gasteiger partial charge in [0, 0.05) is 0 Å². The number of benzene rings is 1. The molecule has 4 heteroatoms. The Bertz CT molecular complexity index is 559.